The quantitative estimate of drug-likeness (QED) is 0.261. The Labute approximate surface area is 194 Å². The third kappa shape index (κ3) is 7.02. The highest BCUT2D eigenvalue weighted by Gasteiger charge is 2.08. The molecule has 4 N–H and O–H groups in total. The molecular formula is C24H28N6OS. The van der Waals surface area contributed by atoms with Crippen molar-refractivity contribution in [2.45, 2.75) is 34.1 Å². The molecule has 0 radical (unpaired) electrons. The van der Waals surface area contributed by atoms with Gasteiger partial charge in [-0.25, -0.2) is 9.97 Å². The lowest BCUT2D eigenvalue weighted by Crippen LogP contribution is -2.39. The number of phenols is 1. The summed E-state index contributed by atoms with van der Waals surface area (Å²) in [5.41, 5.74) is 5.97. The number of hydrogen-bond donors (Lipinski definition) is 4. The highest BCUT2D eigenvalue weighted by Crippen LogP contribution is 2.16. The number of benzene rings is 2. The van der Waals surface area contributed by atoms with E-state index < -0.39 is 0 Å². The molecule has 0 aliphatic heterocycles. The topological polar surface area (TPSA) is 94.5 Å². The maximum atomic E-state index is 9.45. The Bertz CT molecular complexity index is 1110. The number of nitrogens with zero attached hydrogens (tertiary/aromatic N) is 3. The van der Waals surface area contributed by atoms with Crippen molar-refractivity contribution >= 4 is 34.9 Å². The van der Waals surface area contributed by atoms with Gasteiger partial charge < -0.3 is 15.7 Å². The zero-order valence-electron chi connectivity index (χ0n) is 18.7. The molecule has 0 spiro atoms. The zero-order valence-corrected chi connectivity index (χ0v) is 19.5. The molecule has 0 bridgehead atoms. The first-order chi connectivity index (χ1) is 15.3. The highest BCUT2D eigenvalue weighted by molar-refractivity contribution is 7.80. The van der Waals surface area contributed by atoms with Crippen LogP contribution in [0.1, 0.15) is 28.1 Å². The van der Waals surface area contributed by atoms with Crippen molar-refractivity contribution < 1.29 is 5.11 Å². The third-order valence-electron chi connectivity index (χ3n) is 4.69. The molecule has 3 aromatic rings. The van der Waals surface area contributed by atoms with Gasteiger partial charge in [-0.2, -0.15) is 0 Å². The van der Waals surface area contributed by atoms with E-state index >= 15 is 0 Å². The molecule has 0 aliphatic carbocycles. The summed E-state index contributed by atoms with van der Waals surface area (Å²) in [7, 11) is 0. The van der Waals surface area contributed by atoms with Crippen LogP contribution < -0.4 is 16.0 Å². The monoisotopic (exact) mass is 448 g/mol. The van der Waals surface area contributed by atoms with E-state index in [2.05, 4.69) is 43.0 Å². The molecule has 0 atom stereocenters. The second kappa shape index (κ2) is 10.7. The van der Waals surface area contributed by atoms with E-state index in [4.69, 9.17) is 12.2 Å². The predicted molar refractivity (Wildman–Crippen MR) is 135 cm³/mol. The van der Waals surface area contributed by atoms with Crippen LogP contribution in [-0.4, -0.2) is 32.7 Å². The summed E-state index contributed by atoms with van der Waals surface area (Å²) in [6, 6.07) is 15.2. The van der Waals surface area contributed by atoms with E-state index in [0.717, 1.165) is 33.8 Å². The van der Waals surface area contributed by atoms with Crippen molar-refractivity contribution in [2.24, 2.45) is 4.99 Å². The number of guanidine groups is 1. The maximum absolute atomic E-state index is 9.45. The van der Waals surface area contributed by atoms with Gasteiger partial charge in [-0.05, 0) is 87.3 Å². The van der Waals surface area contributed by atoms with Crippen LogP contribution >= 0.6 is 12.2 Å². The Balaban J connectivity index is 1.74. The van der Waals surface area contributed by atoms with Crippen LogP contribution in [0.3, 0.4) is 0 Å². The fourth-order valence-corrected chi connectivity index (χ4v) is 3.30. The average molecular weight is 449 g/mol. The molecule has 2 aromatic carbocycles. The molecule has 0 aliphatic rings. The maximum Gasteiger partial charge on any atom is 0.229 e. The van der Waals surface area contributed by atoms with Gasteiger partial charge in [-0.15, -0.1) is 0 Å². The van der Waals surface area contributed by atoms with Gasteiger partial charge in [-0.1, -0.05) is 24.3 Å². The number of aromatic hydroxyl groups is 1. The van der Waals surface area contributed by atoms with E-state index in [0.29, 0.717) is 30.0 Å². The first-order valence-electron chi connectivity index (χ1n) is 10.4. The zero-order chi connectivity index (χ0) is 23.1. The number of anilines is 2. The Hall–Kier alpha value is -3.52. The van der Waals surface area contributed by atoms with E-state index in [1.54, 1.807) is 12.1 Å². The van der Waals surface area contributed by atoms with Gasteiger partial charge in [0.25, 0.3) is 0 Å². The van der Waals surface area contributed by atoms with Gasteiger partial charge in [-0.3, -0.25) is 10.3 Å². The minimum absolute atomic E-state index is 0.246. The van der Waals surface area contributed by atoms with Crippen LogP contribution in [0.25, 0.3) is 0 Å². The minimum atomic E-state index is 0.246. The van der Waals surface area contributed by atoms with Crippen LogP contribution in [0, 0.1) is 27.7 Å². The van der Waals surface area contributed by atoms with Gasteiger partial charge in [0.05, 0.1) is 0 Å². The number of hydrogen-bond acceptors (Lipinski definition) is 5. The minimum Gasteiger partial charge on any atom is -0.508 e. The van der Waals surface area contributed by atoms with Crippen molar-refractivity contribution in [1.29, 1.82) is 0 Å². The first kappa shape index (κ1) is 23.1. The summed E-state index contributed by atoms with van der Waals surface area (Å²) in [5, 5.41) is 19.4. The molecule has 0 unspecified atom stereocenters. The number of thiocarbonyl (C=S) groups is 1. The SMILES string of the molecule is Cc1ccc(C)c(NC(=S)NC(=NCCc2ccc(O)cc2)Nc2nc(C)cc(C)n2)c1. The first-order valence-corrected chi connectivity index (χ1v) is 10.8. The van der Waals surface area contributed by atoms with Crippen molar-refractivity contribution in [3.63, 3.8) is 0 Å². The number of aliphatic imine (C=N–C) groups is 1. The molecular weight excluding hydrogens is 420 g/mol. The lowest BCUT2D eigenvalue weighted by Gasteiger charge is -2.16. The van der Waals surface area contributed by atoms with E-state index in [1.807, 2.05) is 52.0 Å². The molecule has 166 valence electrons. The largest absolute Gasteiger partial charge is 0.508 e. The summed E-state index contributed by atoms with van der Waals surface area (Å²) in [6.07, 6.45) is 0.706. The van der Waals surface area contributed by atoms with Gasteiger partial charge in [0.2, 0.25) is 11.9 Å². The normalized spacial score (nSPS) is 11.2. The fourth-order valence-electron chi connectivity index (χ4n) is 3.09. The molecule has 8 heteroatoms. The predicted octanol–water partition coefficient (Wildman–Crippen LogP) is 4.41. The molecule has 7 nitrogen and oxygen atoms in total. The second-order valence-electron chi connectivity index (χ2n) is 7.64. The molecule has 32 heavy (non-hydrogen) atoms. The van der Waals surface area contributed by atoms with Crippen LogP contribution in [-0.2, 0) is 6.42 Å². The van der Waals surface area contributed by atoms with Crippen molar-refractivity contribution in [2.75, 3.05) is 17.2 Å². The van der Waals surface area contributed by atoms with Gasteiger partial charge in [0.15, 0.2) is 5.11 Å². The van der Waals surface area contributed by atoms with E-state index in [-0.39, 0.29) is 5.75 Å². The summed E-state index contributed by atoms with van der Waals surface area (Å²) < 4.78 is 0. The van der Waals surface area contributed by atoms with Crippen molar-refractivity contribution in [1.82, 2.24) is 15.3 Å². The number of aryl methyl sites for hydroxylation is 4. The highest BCUT2D eigenvalue weighted by atomic mass is 32.1. The smallest absolute Gasteiger partial charge is 0.229 e. The van der Waals surface area contributed by atoms with Crippen LogP contribution in [0.5, 0.6) is 5.75 Å². The van der Waals surface area contributed by atoms with Gasteiger partial charge in [0.1, 0.15) is 5.75 Å². The molecule has 1 aromatic heterocycles. The molecule has 0 fully saturated rings. The van der Waals surface area contributed by atoms with E-state index in [1.165, 1.54) is 0 Å². The summed E-state index contributed by atoms with van der Waals surface area (Å²) in [5.74, 6) is 1.15. The van der Waals surface area contributed by atoms with Crippen LogP contribution in [0.2, 0.25) is 0 Å². The van der Waals surface area contributed by atoms with Crippen molar-refractivity contribution in [3.8, 4) is 5.75 Å². The van der Waals surface area contributed by atoms with E-state index in [9.17, 15) is 5.11 Å². The average Bonchev–Trinajstić information content (AvgIpc) is 2.71. The Kier molecular flexibility index (Phi) is 7.72. The Morgan fingerprint density at radius 1 is 0.938 bits per heavy atom. The molecule has 0 saturated heterocycles. The number of phenolic OH excluding ortho intramolecular Hbond substituents is 1. The molecule has 1 heterocycles. The van der Waals surface area contributed by atoms with Crippen molar-refractivity contribution in [3.05, 3.63) is 76.6 Å². The molecule has 3 rings (SSSR count). The van der Waals surface area contributed by atoms with Crippen LogP contribution in [0.4, 0.5) is 11.6 Å². The lowest BCUT2D eigenvalue weighted by atomic mass is 10.1. The second-order valence-corrected chi connectivity index (χ2v) is 8.05. The Morgan fingerprint density at radius 2 is 1.62 bits per heavy atom. The number of nitrogens with one attached hydrogen (secondary N) is 3. The van der Waals surface area contributed by atoms with Gasteiger partial charge in [0, 0.05) is 23.6 Å². The summed E-state index contributed by atoms with van der Waals surface area (Å²) in [6.45, 7) is 8.41. The molecule has 0 amide bonds. The summed E-state index contributed by atoms with van der Waals surface area (Å²) >= 11 is 5.53. The number of aromatic nitrogens is 2. The molecule has 0 saturated carbocycles. The van der Waals surface area contributed by atoms with Gasteiger partial charge >= 0.3 is 0 Å². The fraction of sp³-hybridized carbons (Fsp3) is 0.250. The third-order valence-corrected chi connectivity index (χ3v) is 4.90. The lowest BCUT2D eigenvalue weighted by molar-refractivity contribution is 0.475. The Morgan fingerprint density at radius 3 is 2.31 bits per heavy atom. The standard InChI is InChI=1S/C24H28N6OS/c1-15-5-6-16(2)21(13-15)28-24(32)30-22(29-23-26-17(3)14-18(4)27-23)25-12-11-19-7-9-20(31)10-8-19/h5-10,13-14,31H,11-12H2,1-4H3,(H3,25,26,27,28,29,30,32). The summed E-state index contributed by atoms with van der Waals surface area (Å²) in [4.78, 5) is 13.5. The van der Waals surface area contributed by atoms with Crippen LogP contribution in [0.15, 0.2) is 53.5 Å². The number of rotatable bonds is 5.